The van der Waals surface area contributed by atoms with Gasteiger partial charge in [0.15, 0.2) is 0 Å². The highest BCUT2D eigenvalue weighted by Crippen LogP contribution is 2.34. The number of hydrogen-bond donors (Lipinski definition) is 1. The molecule has 0 amide bonds. The number of hydrogen-bond acceptors (Lipinski definition) is 4. The summed E-state index contributed by atoms with van der Waals surface area (Å²) in [6, 6.07) is 14.4. The molecule has 1 saturated heterocycles. The molecule has 166 valence electrons. The van der Waals surface area contributed by atoms with Gasteiger partial charge in [-0.15, -0.1) is 0 Å². The summed E-state index contributed by atoms with van der Waals surface area (Å²) in [4.78, 5) is 24.8. The molecule has 0 bridgehead atoms. The molecule has 0 radical (unpaired) electrons. The van der Waals surface area contributed by atoms with Crippen LogP contribution in [-0.4, -0.2) is 40.0 Å². The fourth-order valence-electron chi connectivity index (χ4n) is 4.02. The number of carbonyl (C=O) groups is 2. The predicted octanol–water partition coefficient (Wildman–Crippen LogP) is 5.30. The van der Waals surface area contributed by atoms with Crippen molar-refractivity contribution in [3.8, 4) is 11.3 Å². The Hall–Kier alpha value is -3.55. The van der Waals surface area contributed by atoms with E-state index in [0.29, 0.717) is 40.3 Å². The molecular weight excluding hydrogens is 447 g/mol. The van der Waals surface area contributed by atoms with E-state index in [9.17, 15) is 14.0 Å². The zero-order chi connectivity index (χ0) is 23.3. The molecular formula is C25H18ClFN2O4. The van der Waals surface area contributed by atoms with Crippen molar-refractivity contribution in [2.24, 2.45) is 0 Å². The lowest BCUT2D eigenvalue weighted by Gasteiger charge is -2.26. The molecule has 1 N–H and O–H groups in total. The van der Waals surface area contributed by atoms with Crippen LogP contribution in [0, 0.1) is 12.7 Å². The lowest BCUT2D eigenvalue weighted by Crippen LogP contribution is -2.25. The maximum atomic E-state index is 14.9. The Labute approximate surface area is 193 Å². The fraction of sp³-hybridized carbons (Fsp3) is 0.160. The summed E-state index contributed by atoms with van der Waals surface area (Å²) in [5.41, 5.74) is 2.69. The van der Waals surface area contributed by atoms with Crippen LogP contribution in [0.1, 0.15) is 37.8 Å². The number of nitrogens with zero attached hydrogens (tertiary/aromatic N) is 2. The quantitative estimate of drug-likeness (QED) is 0.443. The molecule has 0 atom stereocenters. The van der Waals surface area contributed by atoms with Gasteiger partial charge in [0.25, 0.3) is 5.91 Å². The summed E-state index contributed by atoms with van der Waals surface area (Å²) in [5.74, 6) is -2.18. The monoisotopic (exact) mass is 464 g/mol. The molecule has 0 spiro atoms. The van der Waals surface area contributed by atoms with Gasteiger partial charge in [0.2, 0.25) is 0 Å². The van der Waals surface area contributed by atoms with Crippen molar-refractivity contribution in [3.63, 3.8) is 0 Å². The van der Waals surface area contributed by atoms with E-state index in [2.05, 4.69) is 5.10 Å². The molecule has 4 aromatic rings. The number of benzene rings is 3. The zero-order valence-electron chi connectivity index (χ0n) is 17.5. The maximum absolute atomic E-state index is 14.9. The smallest absolute Gasteiger partial charge is 0.335 e. The number of aromatic carboxylic acids is 1. The average Bonchev–Trinajstić information content (AvgIpc) is 3.11. The van der Waals surface area contributed by atoms with Gasteiger partial charge >= 0.3 is 5.97 Å². The number of halogens is 2. The zero-order valence-corrected chi connectivity index (χ0v) is 18.3. The van der Waals surface area contributed by atoms with Crippen LogP contribution < -0.4 is 0 Å². The van der Waals surface area contributed by atoms with Gasteiger partial charge in [-0.2, -0.15) is 9.78 Å². The van der Waals surface area contributed by atoms with E-state index in [-0.39, 0.29) is 22.7 Å². The van der Waals surface area contributed by atoms with Crippen LogP contribution in [0.2, 0.25) is 5.02 Å². The van der Waals surface area contributed by atoms with E-state index in [1.807, 2.05) is 12.1 Å². The van der Waals surface area contributed by atoms with Crippen LogP contribution in [-0.2, 0) is 4.74 Å². The Morgan fingerprint density at radius 1 is 1.15 bits per heavy atom. The number of carboxylic acid groups (broad SMARTS) is 1. The van der Waals surface area contributed by atoms with Crippen LogP contribution in [0.15, 0.2) is 54.6 Å². The van der Waals surface area contributed by atoms with Crippen molar-refractivity contribution in [3.05, 3.63) is 87.7 Å². The van der Waals surface area contributed by atoms with Crippen molar-refractivity contribution >= 4 is 34.4 Å². The second kappa shape index (κ2) is 8.10. The number of carboxylic acids is 1. The summed E-state index contributed by atoms with van der Waals surface area (Å²) >= 11 is 6.34. The van der Waals surface area contributed by atoms with Crippen molar-refractivity contribution < 1.29 is 23.8 Å². The Balaban J connectivity index is 1.73. The topological polar surface area (TPSA) is 81.4 Å². The van der Waals surface area contributed by atoms with E-state index in [4.69, 9.17) is 21.4 Å². The van der Waals surface area contributed by atoms with Gasteiger partial charge in [-0.25, -0.2) is 9.18 Å². The summed E-state index contributed by atoms with van der Waals surface area (Å²) in [6.45, 7) is 2.97. The van der Waals surface area contributed by atoms with Gasteiger partial charge in [0, 0.05) is 16.9 Å². The van der Waals surface area contributed by atoms with Gasteiger partial charge in [-0.1, -0.05) is 35.9 Å². The Kier molecular flexibility index (Phi) is 5.23. The first-order chi connectivity index (χ1) is 15.8. The van der Waals surface area contributed by atoms with Crippen LogP contribution in [0.25, 0.3) is 22.2 Å². The first-order valence-electron chi connectivity index (χ1n) is 10.3. The first-order valence-corrected chi connectivity index (χ1v) is 10.7. The fourth-order valence-corrected chi connectivity index (χ4v) is 4.32. The Morgan fingerprint density at radius 2 is 1.94 bits per heavy atom. The normalized spacial score (nSPS) is 13.8. The molecule has 6 nitrogen and oxygen atoms in total. The van der Waals surface area contributed by atoms with Crippen molar-refractivity contribution in [2.75, 3.05) is 13.2 Å². The molecule has 33 heavy (non-hydrogen) atoms. The third-order valence-electron chi connectivity index (χ3n) is 5.91. The third-order valence-corrected chi connectivity index (χ3v) is 6.23. The second-order valence-electron chi connectivity index (χ2n) is 8.01. The molecule has 8 heteroatoms. The van der Waals surface area contributed by atoms with E-state index in [0.717, 1.165) is 11.6 Å². The molecule has 0 unspecified atom stereocenters. The van der Waals surface area contributed by atoms with Gasteiger partial charge in [0.1, 0.15) is 11.5 Å². The van der Waals surface area contributed by atoms with E-state index >= 15 is 0 Å². The standard InChI is InChI=1S/C25H18ClFN2O4/c1-13-3-2-4-19(26)22(13)24(30)29-21-10-14(16-11-33-12-16)5-8-18(21)23(28-29)17-7-6-15(25(31)32)9-20(17)27/h2-10,16H,11-12H2,1H3,(H,31,32). The lowest BCUT2D eigenvalue weighted by atomic mass is 9.95. The molecule has 0 saturated carbocycles. The Bertz CT molecular complexity index is 1420. The minimum absolute atomic E-state index is 0.104. The number of fused-ring (bicyclic) bond motifs is 1. The van der Waals surface area contributed by atoms with Crippen LogP contribution in [0.4, 0.5) is 4.39 Å². The number of ether oxygens (including phenoxy) is 1. The molecule has 1 fully saturated rings. The summed E-state index contributed by atoms with van der Waals surface area (Å²) in [7, 11) is 0. The largest absolute Gasteiger partial charge is 0.478 e. The molecule has 1 aliphatic heterocycles. The highest BCUT2D eigenvalue weighted by Gasteiger charge is 2.26. The molecule has 3 aromatic carbocycles. The number of aromatic nitrogens is 2. The van der Waals surface area contributed by atoms with Gasteiger partial charge in [-0.05, 0) is 48.4 Å². The number of rotatable bonds is 4. The molecule has 1 aromatic heterocycles. The first kappa shape index (κ1) is 21.3. The number of aryl methyl sites for hydroxylation is 1. The summed E-state index contributed by atoms with van der Waals surface area (Å²) in [6.07, 6.45) is 0. The van der Waals surface area contributed by atoms with E-state index in [1.54, 1.807) is 31.2 Å². The van der Waals surface area contributed by atoms with Crippen molar-refractivity contribution in [1.82, 2.24) is 9.78 Å². The predicted molar refractivity (Wildman–Crippen MR) is 122 cm³/mol. The highest BCUT2D eigenvalue weighted by molar-refractivity contribution is 6.34. The molecule has 1 aliphatic rings. The lowest BCUT2D eigenvalue weighted by molar-refractivity contribution is 0.00847. The van der Waals surface area contributed by atoms with Crippen LogP contribution >= 0.6 is 11.6 Å². The average molecular weight is 465 g/mol. The SMILES string of the molecule is Cc1cccc(Cl)c1C(=O)n1nc(-c2ccc(C(=O)O)cc2F)c2ccc(C3COC3)cc21. The molecule has 2 heterocycles. The third kappa shape index (κ3) is 3.59. The van der Waals surface area contributed by atoms with Crippen molar-refractivity contribution in [1.29, 1.82) is 0 Å². The minimum atomic E-state index is -1.23. The second-order valence-corrected chi connectivity index (χ2v) is 8.42. The van der Waals surface area contributed by atoms with Gasteiger partial charge < -0.3 is 9.84 Å². The van der Waals surface area contributed by atoms with E-state index < -0.39 is 17.7 Å². The molecule has 5 rings (SSSR count). The Morgan fingerprint density at radius 3 is 2.58 bits per heavy atom. The van der Waals surface area contributed by atoms with E-state index in [1.165, 1.54) is 16.8 Å². The van der Waals surface area contributed by atoms with Crippen molar-refractivity contribution in [2.45, 2.75) is 12.8 Å². The highest BCUT2D eigenvalue weighted by atomic mass is 35.5. The maximum Gasteiger partial charge on any atom is 0.335 e. The number of carbonyl (C=O) groups excluding carboxylic acids is 1. The van der Waals surface area contributed by atoms with Gasteiger partial charge in [-0.3, -0.25) is 4.79 Å². The van der Waals surface area contributed by atoms with Gasteiger partial charge in [0.05, 0.1) is 34.9 Å². The minimum Gasteiger partial charge on any atom is -0.478 e. The van der Waals surface area contributed by atoms with Crippen LogP contribution in [0.5, 0.6) is 0 Å². The molecule has 0 aliphatic carbocycles. The summed E-state index contributed by atoms with van der Waals surface area (Å²) in [5, 5.41) is 14.5. The summed E-state index contributed by atoms with van der Waals surface area (Å²) < 4.78 is 21.5. The van der Waals surface area contributed by atoms with Crippen LogP contribution in [0.3, 0.4) is 0 Å².